The second-order valence-electron chi connectivity index (χ2n) is 10.1. The van der Waals surface area contributed by atoms with Crippen LogP contribution in [0, 0.1) is 0 Å². The monoisotopic (exact) mass is 560 g/mol. The highest BCUT2D eigenvalue weighted by molar-refractivity contribution is 5.89. The fourth-order valence-electron chi connectivity index (χ4n) is 5.40. The molecule has 2 atom stereocenters. The highest BCUT2D eigenvalue weighted by Crippen LogP contribution is 2.44. The number of urea groups is 1. The number of nitrogens with one attached hydrogen (secondary N) is 2. The Balaban J connectivity index is 1.26. The molecule has 1 fully saturated rings. The van der Waals surface area contributed by atoms with Crippen LogP contribution in [-0.4, -0.2) is 85.9 Å². The molecule has 3 aliphatic rings. The van der Waals surface area contributed by atoms with Crippen molar-refractivity contribution in [2.45, 2.75) is 24.9 Å². The first kappa shape index (κ1) is 27.9. The van der Waals surface area contributed by atoms with Crippen molar-refractivity contribution in [1.29, 1.82) is 0 Å². The molecule has 1 saturated heterocycles. The van der Waals surface area contributed by atoms with E-state index in [4.69, 9.17) is 14.2 Å². The number of fused-ring (bicyclic) bond motifs is 3. The van der Waals surface area contributed by atoms with Crippen molar-refractivity contribution in [2.75, 3.05) is 40.0 Å². The van der Waals surface area contributed by atoms with E-state index in [2.05, 4.69) is 29.3 Å². The molecule has 4 amide bonds. The van der Waals surface area contributed by atoms with E-state index < -0.39 is 36.1 Å². The molecule has 41 heavy (non-hydrogen) atoms. The molecule has 2 aliphatic heterocycles. The molecular weight excluding hydrogens is 528 g/mol. The maximum absolute atomic E-state index is 13.4. The molecule has 0 spiro atoms. The Kier molecular flexibility index (Phi) is 8.06. The Morgan fingerprint density at radius 2 is 1.76 bits per heavy atom. The summed E-state index contributed by atoms with van der Waals surface area (Å²) < 4.78 is 16.1. The zero-order valence-electron chi connectivity index (χ0n) is 22.9. The molecule has 0 saturated carbocycles. The van der Waals surface area contributed by atoms with Crippen molar-refractivity contribution < 1.29 is 33.4 Å². The van der Waals surface area contributed by atoms with Crippen molar-refractivity contribution in [2.24, 2.45) is 0 Å². The largest absolute Gasteiger partial charge is 0.468 e. The topological polar surface area (TPSA) is 127 Å². The zero-order valence-corrected chi connectivity index (χ0v) is 22.9. The maximum atomic E-state index is 13.4. The van der Waals surface area contributed by atoms with Crippen molar-refractivity contribution in [3.05, 3.63) is 83.7 Å². The van der Waals surface area contributed by atoms with Gasteiger partial charge >= 0.3 is 18.1 Å². The SMILES string of the molecule is C=C1NC(=O)N(CC(=O)N(CC(=O)OC)[C@H]2COC[C@@H]2NC(=O)OCC2c3ccccc3-c3ccccc32)C=C1C. The first-order valence-electron chi connectivity index (χ1n) is 13.3. The first-order valence-corrected chi connectivity index (χ1v) is 13.3. The molecule has 0 bridgehead atoms. The van der Waals surface area contributed by atoms with Gasteiger partial charge in [0.2, 0.25) is 5.91 Å². The molecule has 1 aliphatic carbocycles. The van der Waals surface area contributed by atoms with Crippen LogP contribution in [0.3, 0.4) is 0 Å². The van der Waals surface area contributed by atoms with Gasteiger partial charge in [0.25, 0.3) is 0 Å². The lowest BCUT2D eigenvalue weighted by molar-refractivity contribution is -0.148. The predicted octanol–water partition coefficient (Wildman–Crippen LogP) is 2.74. The Bertz CT molecular complexity index is 1380. The smallest absolute Gasteiger partial charge is 0.407 e. The molecule has 0 unspecified atom stereocenters. The van der Waals surface area contributed by atoms with E-state index in [0.717, 1.165) is 22.3 Å². The molecular formula is C30H32N4O7. The lowest BCUT2D eigenvalue weighted by Crippen LogP contribution is -2.57. The second kappa shape index (κ2) is 11.8. The highest BCUT2D eigenvalue weighted by Gasteiger charge is 2.39. The Hall–Kier alpha value is -4.64. The number of hydrogen-bond acceptors (Lipinski definition) is 7. The summed E-state index contributed by atoms with van der Waals surface area (Å²) in [7, 11) is 1.22. The van der Waals surface area contributed by atoms with E-state index in [1.165, 1.54) is 23.1 Å². The number of carbonyl (C=O) groups excluding carboxylic acids is 4. The van der Waals surface area contributed by atoms with Crippen LogP contribution in [0.25, 0.3) is 11.1 Å². The van der Waals surface area contributed by atoms with E-state index >= 15 is 0 Å². The van der Waals surface area contributed by atoms with Gasteiger partial charge < -0.3 is 29.7 Å². The van der Waals surface area contributed by atoms with E-state index in [9.17, 15) is 19.2 Å². The summed E-state index contributed by atoms with van der Waals surface area (Å²) in [5, 5.41) is 5.40. The number of esters is 1. The van der Waals surface area contributed by atoms with E-state index in [1.54, 1.807) is 6.92 Å². The number of rotatable bonds is 8. The van der Waals surface area contributed by atoms with Crippen LogP contribution in [-0.2, 0) is 23.8 Å². The number of alkyl carbamates (subject to hydrolysis) is 1. The minimum absolute atomic E-state index is 0.0783. The number of carbonyl (C=O) groups is 4. The number of amides is 4. The van der Waals surface area contributed by atoms with Gasteiger partial charge in [-0.2, -0.15) is 0 Å². The summed E-state index contributed by atoms with van der Waals surface area (Å²) in [6.45, 7) is 5.12. The third kappa shape index (κ3) is 5.80. The van der Waals surface area contributed by atoms with Gasteiger partial charge in [0, 0.05) is 17.8 Å². The lowest BCUT2D eigenvalue weighted by atomic mass is 9.98. The van der Waals surface area contributed by atoms with E-state index in [0.29, 0.717) is 11.3 Å². The Morgan fingerprint density at radius 1 is 1.10 bits per heavy atom. The van der Waals surface area contributed by atoms with Crippen LogP contribution >= 0.6 is 0 Å². The van der Waals surface area contributed by atoms with Crippen LogP contribution in [0.5, 0.6) is 0 Å². The van der Waals surface area contributed by atoms with Crippen LogP contribution in [0.15, 0.2) is 72.6 Å². The standard InChI is InChI=1S/C30H32N4O7/c1-18-12-33(29(37)31-19(18)2)13-27(35)34(14-28(36)39-3)26-17-40-16-25(26)32-30(38)41-15-24-22-10-6-4-8-20(22)21-9-5-7-11-23(21)24/h4-12,24-26H,2,13-17H2,1,3H3,(H,31,37)(H,32,38)/t25-,26-/m0/s1. The number of methoxy groups -OCH3 is 1. The van der Waals surface area contributed by atoms with Gasteiger partial charge in [0.05, 0.1) is 32.4 Å². The number of nitrogens with zero attached hydrogens (tertiary/aromatic N) is 2. The van der Waals surface area contributed by atoms with Crippen molar-refractivity contribution in [1.82, 2.24) is 20.4 Å². The van der Waals surface area contributed by atoms with Crippen LogP contribution in [0.1, 0.15) is 24.0 Å². The van der Waals surface area contributed by atoms with Crippen molar-refractivity contribution in [3.8, 4) is 11.1 Å². The summed E-state index contributed by atoms with van der Waals surface area (Å²) >= 11 is 0. The second-order valence-corrected chi connectivity index (χ2v) is 10.1. The highest BCUT2D eigenvalue weighted by atomic mass is 16.6. The molecule has 2 heterocycles. The number of hydrogen-bond donors (Lipinski definition) is 2. The predicted molar refractivity (Wildman–Crippen MR) is 148 cm³/mol. The summed E-state index contributed by atoms with van der Waals surface area (Å²) in [5.41, 5.74) is 5.56. The third-order valence-electron chi connectivity index (χ3n) is 7.59. The number of ether oxygens (including phenoxy) is 3. The molecule has 11 heteroatoms. The van der Waals surface area contributed by atoms with Crippen LogP contribution in [0.4, 0.5) is 9.59 Å². The van der Waals surface area contributed by atoms with Gasteiger partial charge in [-0.25, -0.2) is 9.59 Å². The maximum Gasteiger partial charge on any atom is 0.407 e. The molecule has 2 aromatic rings. The molecule has 5 rings (SSSR count). The zero-order chi connectivity index (χ0) is 29.1. The van der Waals surface area contributed by atoms with Gasteiger partial charge in [-0.1, -0.05) is 55.1 Å². The van der Waals surface area contributed by atoms with Crippen molar-refractivity contribution in [3.63, 3.8) is 0 Å². The molecule has 2 aromatic carbocycles. The summed E-state index contributed by atoms with van der Waals surface area (Å²) in [4.78, 5) is 53.5. The average molecular weight is 561 g/mol. The molecule has 11 nitrogen and oxygen atoms in total. The van der Waals surface area contributed by atoms with Gasteiger partial charge in [-0.05, 0) is 34.8 Å². The summed E-state index contributed by atoms with van der Waals surface area (Å²) in [5.74, 6) is -1.27. The molecule has 0 aromatic heterocycles. The first-order chi connectivity index (χ1) is 19.8. The van der Waals surface area contributed by atoms with Crippen LogP contribution in [0.2, 0.25) is 0 Å². The third-order valence-corrected chi connectivity index (χ3v) is 7.59. The lowest BCUT2D eigenvalue weighted by Gasteiger charge is -2.33. The van der Waals surface area contributed by atoms with E-state index in [1.807, 2.05) is 36.4 Å². The van der Waals surface area contributed by atoms with E-state index in [-0.39, 0.29) is 38.8 Å². The summed E-state index contributed by atoms with van der Waals surface area (Å²) in [6, 6.07) is 14.2. The minimum atomic E-state index is -0.685. The number of benzene rings is 2. The Labute approximate surface area is 237 Å². The Morgan fingerprint density at radius 3 is 2.41 bits per heavy atom. The summed E-state index contributed by atoms with van der Waals surface area (Å²) in [6.07, 6.45) is 0.859. The van der Waals surface area contributed by atoms with Gasteiger partial charge in [-0.15, -0.1) is 0 Å². The molecule has 2 N–H and O–H groups in total. The minimum Gasteiger partial charge on any atom is -0.468 e. The molecule has 214 valence electrons. The van der Waals surface area contributed by atoms with Gasteiger partial charge in [0.1, 0.15) is 19.7 Å². The quantitative estimate of drug-likeness (QED) is 0.476. The fourth-order valence-corrected chi connectivity index (χ4v) is 5.40. The number of allylic oxidation sites excluding steroid dienone is 1. The van der Waals surface area contributed by atoms with Crippen molar-refractivity contribution >= 4 is 24.0 Å². The van der Waals surface area contributed by atoms with Crippen LogP contribution < -0.4 is 10.6 Å². The fraction of sp³-hybridized carbons (Fsp3) is 0.333. The normalized spacial score (nSPS) is 19.6. The van der Waals surface area contributed by atoms with Gasteiger partial charge in [-0.3, -0.25) is 14.5 Å². The molecule has 0 radical (unpaired) electrons. The van der Waals surface area contributed by atoms with Gasteiger partial charge in [0.15, 0.2) is 0 Å². The average Bonchev–Trinajstić information content (AvgIpc) is 3.55.